The number of aliphatic hydroxyl groups is 2. The maximum absolute atomic E-state index is 10.9. The SMILES string of the molecule is C=C(C1CCC(C)(O)C(Br)C1)C1[C@H](Br)[C@@H]2[C@@H](CC[C@@]2(C)O)C1(C)C. The Hall–Kier alpha value is 0.620. The van der Waals surface area contributed by atoms with Crippen LogP contribution in [0.15, 0.2) is 12.2 Å². The summed E-state index contributed by atoms with van der Waals surface area (Å²) in [4.78, 5) is 0.417. The van der Waals surface area contributed by atoms with Crippen LogP contribution in [0.5, 0.6) is 0 Å². The van der Waals surface area contributed by atoms with Crippen LogP contribution in [0.4, 0.5) is 0 Å². The van der Waals surface area contributed by atoms with Gasteiger partial charge in [0.2, 0.25) is 0 Å². The Labute approximate surface area is 163 Å². The van der Waals surface area contributed by atoms with Crippen molar-refractivity contribution in [3.05, 3.63) is 12.2 Å². The normalized spacial score (nSPS) is 53.8. The number of hydrogen-bond acceptors (Lipinski definition) is 2. The summed E-state index contributed by atoms with van der Waals surface area (Å²) in [6.45, 7) is 13.2. The van der Waals surface area contributed by atoms with Gasteiger partial charge < -0.3 is 10.2 Å². The number of allylic oxidation sites excluding steroid dienone is 1. The van der Waals surface area contributed by atoms with Gasteiger partial charge in [0.25, 0.3) is 0 Å². The molecule has 4 unspecified atom stereocenters. The lowest BCUT2D eigenvalue weighted by Crippen LogP contribution is -2.43. The summed E-state index contributed by atoms with van der Waals surface area (Å²) >= 11 is 7.68. The van der Waals surface area contributed by atoms with Crippen LogP contribution < -0.4 is 0 Å². The topological polar surface area (TPSA) is 40.5 Å². The van der Waals surface area contributed by atoms with Crippen LogP contribution >= 0.6 is 31.9 Å². The van der Waals surface area contributed by atoms with Gasteiger partial charge in [-0.1, -0.05) is 57.9 Å². The van der Waals surface area contributed by atoms with Gasteiger partial charge in [-0.2, -0.15) is 0 Å². The third-order valence-corrected chi connectivity index (χ3v) is 10.1. The zero-order chi connectivity index (χ0) is 18.1. The molecule has 2 nitrogen and oxygen atoms in total. The number of rotatable bonds is 2. The molecule has 2 N–H and O–H groups in total. The molecule has 0 aliphatic heterocycles. The molecule has 0 spiro atoms. The van der Waals surface area contributed by atoms with Gasteiger partial charge in [-0.25, -0.2) is 0 Å². The predicted octanol–water partition coefficient (Wildman–Crippen LogP) is 5.05. The summed E-state index contributed by atoms with van der Waals surface area (Å²) in [5.41, 5.74) is 0.292. The molecule has 0 aromatic heterocycles. The molecule has 4 heteroatoms. The van der Waals surface area contributed by atoms with Gasteiger partial charge in [-0.3, -0.25) is 0 Å². The maximum Gasteiger partial charge on any atom is 0.0744 e. The molecule has 3 aliphatic rings. The van der Waals surface area contributed by atoms with Gasteiger partial charge >= 0.3 is 0 Å². The average molecular weight is 464 g/mol. The zero-order valence-corrected chi connectivity index (χ0v) is 18.5. The molecular formula is C20H32Br2O2. The molecule has 3 rings (SSSR count). The van der Waals surface area contributed by atoms with Crippen LogP contribution in [-0.4, -0.2) is 31.1 Å². The molecule has 138 valence electrons. The van der Waals surface area contributed by atoms with Crippen LogP contribution in [0.2, 0.25) is 0 Å². The zero-order valence-electron chi connectivity index (χ0n) is 15.4. The molecule has 0 heterocycles. The third kappa shape index (κ3) is 2.88. The smallest absolute Gasteiger partial charge is 0.0744 e. The van der Waals surface area contributed by atoms with Crippen molar-refractivity contribution in [3.8, 4) is 0 Å². The minimum absolute atomic E-state index is 0.126. The van der Waals surface area contributed by atoms with E-state index in [1.807, 2.05) is 13.8 Å². The van der Waals surface area contributed by atoms with Gasteiger partial charge in [0.05, 0.1) is 11.2 Å². The summed E-state index contributed by atoms with van der Waals surface area (Å²) in [6, 6.07) is 0. The van der Waals surface area contributed by atoms with Gasteiger partial charge in [0.1, 0.15) is 0 Å². The highest BCUT2D eigenvalue weighted by Gasteiger charge is 2.63. The van der Waals surface area contributed by atoms with E-state index in [9.17, 15) is 10.2 Å². The molecule has 0 amide bonds. The minimum atomic E-state index is -0.615. The first-order valence-corrected chi connectivity index (χ1v) is 11.1. The summed E-state index contributed by atoms with van der Waals surface area (Å²) in [5.74, 6) is 1.68. The summed E-state index contributed by atoms with van der Waals surface area (Å²) < 4.78 is 0. The Balaban J connectivity index is 1.83. The Bertz CT molecular complexity index is 526. The molecule has 3 fully saturated rings. The fourth-order valence-electron chi connectivity index (χ4n) is 5.99. The van der Waals surface area contributed by atoms with E-state index in [2.05, 4.69) is 52.3 Å². The first kappa shape index (κ1) is 19.4. The first-order chi connectivity index (χ1) is 10.9. The van der Waals surface area contributed by atoms with Crippen molar-refractivity contribution in [1.82, 2.24) is 0 Å². The van der Waals surface area contributed by atoms with Crippen LogP contribution in [0, 0.1) is 29.1 Å². The Kier molecular flexibility index (Phi) is 4.90. The summed E-state index contributed by atoms with van der Waals surface area (Å²) in [7, 11) is 0. The summed E-state index contributed by atoms with van der Waals surface area (Å²) in [6.07, 6.45) is 4.78. The van der Waals surface area contributed by atoms with E-state index >= 15 is 0 Å². The Morgan fingerprint density at radius 3 is 2.12 bits per heavy atom. The number of hydrogen-bond donors (Lipinski definition) is 2. The van der Waals surface area contributed by atoms with Crippen LogP contribution in [-0.2, 0) is 0 Å². The number of halogens is 2. The third-order valence-electron chi connectivity index (χ3n) is 7.62. The predicted molar refractivity (Wildman–Crippen MR) is 107 cm³/mol. The molecule has 3 saturated carbocycles. The highest BCUT2D eigenvalue weighted by Crippen LogP contribution is 2.65. The lowest BCUT2D eigenvalue weighted by molar-refractivity contribution is 0.0153. The van der Waals surface area contributed by atoms with E-state index in [1.165, 1.54) is 5.57 Å². The second-order valence-corrected chi connectivity index (χ2v) is 11.8. The van der Waals surface area contributed by atoms with Crippen molar-refractivity contribution in [2.24, 2.45) is 29.1 Å². The molecule has 0 aromatic carbocycles. The quantitative estimate of drug-likeness (QED) is 0.444. The van der Waals surface area contributed by atoms with Crippen molar-refractivity contribution in [1.29, 1.82) is 0 Å². The number of alkyl halides is 2. The second-order valence-electron chi connectivity index (χ2n) is 9.64. The van der Waals surface area contributed by atoms with E-state index in [0.29, 0.717) is 28.5 Å². The van der Waals surface area contributed by atoms with Crippen molar-refractivity contribution in [3.63, 3.8) is 0 Å². The van der Waals surface area contributed by atoms with Gasteiger partial charge in [-0.05, 0) is 69.1 Å². The Morgan fingerprint density at radius 1 is 1.00 bits per heavy atom. The molecule has 0 bridgehead atoms. The lowest BCUT2D eigenvalue weighted by atomic mass is 9.66. The first-order valence-electron chi connectivity index (χ1n) is 9.31. The van der Waals surface area contributed by atoms with Crippen LogP contribution in [0.25, 0.3) is 0 Å². The van der Waals surface area contributed by atoms with Crippen molar-refractivity contribution < 1.29 is 10.2 Å². The van der Waals surface area contributed by atoms with E-state index in [0.717, 1.165) is 32.1 Å². The van der Waals surface area contributed by atoms with Crippen molar-refractivity contribution in [2.75, 3.05) is 0 Å². The van der Waals surface area contributed by atoms with E-state index < -0.39 is 11.2 Å². The van der Waals surface area contributed by atoms with Crippen LogP contribution in [0.1, 0.15) is 59.8 Å². The molecule has 8 atom stereocenters. The Morgan fingerprint density at radius 2 is 1.58 bits per heavy atom. The van der Waals surface area contributed by atoms with Crippen molar-refractivity contribution in [2.45, 2.75) is 80.7 Å². The maximum atomic E-state index is 10.9. The highest BCUT2D eigenvalue weighted by atomic mass is 79.9. The summed E-state index contributed by atoms with van der Waals surface area (Å²) in [5, 5.41) is 21.3. The molecular weight excluding hydrogens is 432 g/mol. The average Bonchev–Trinajstić information content (AvgIpc) is 2.87. The van der Waals surface area contributed by atoms with Gasteiger partial charge in [-0.15, -0.1) is 0 Å². The molecule has 0 saturated heterocycles. The largest absolute Gasteiger partial charge is 0.390 e. The lowest BCUT2D eigenvalue weighted by Gasteiger charge is -2.43. The van der Waals surface area contributed by atoms with Gasteiger partial charge in [0.15, 0.2) is 0 Å². The molecule has 0 radical (unpaired) electrons. The van der Waals surface area contributed by atoms with E-state index in [1.54, 1.807) is 0 Å². The number of fused-ring (bicyclic) bond motifs is 1. The van der Waals surface area contributed by atoms with E-state index in [4.69, 9.17) is 0 Å². The monoisotopic (exact) mass is 462 g/mol. The fraction of sp³-hybridized carbons (Fsp3) is 0.900. The molecule has 3 aliphatic carbocycles. The van der Waals surface area contributed by atoms with Crippen LogP contribution in [0.3, 0.4) is 0 Å². The van der Waals surface area contributed by atoms with E-state index in [-0.39, 0.29) is 10.2 Å². The molecule has 0 aromatic rings. The fourth-order valence-corrected chi connectivity index (χ4v) is 8.63. The standard InChI is InChI=1S/C20H32Br2O2/c1-11(12-6-8-19(4,23)14(21)10-12)15-17(22)16-13(18(15,2)3)7-9-20(16,5)24/h12-17,23-24H,1,6-10H2,2-5H3/t12?,13-,14?,15?,16+,17+,19?,20-/m1/s1. The second kappa shape index (κ2) is 6.07. The van der Waals surface area contributed by atoms with Crippen molar-refractivity contribution >= 4 is 31.9 Å². The molecule has 24 heavy (non-hydrogen) atoms. The highest BCUT2D eigenvalue weighted by molar-refractivity contribution is 9.09. The van der Waals surface area contributed by atoms with Gasteiger partial charge in [0, 0.05) is 15.6 Å². The minimum Gasteiger partial charge on any atom is -0.390 e.